The van der Waals surface area contributed by atoms with Crippen LogP contribution in [0, 0.1) is 0 Å². The SMILES string of the molecule is CN1C(=O)/C(=C/c2ccc(OCc3ccc(Cl)cc3)c(Br)c2)C(=O)NC1=S. The van der Waals surface area contributed by atoms with Crippen LogP contribution in [0.2, 0.25) is 5.02 Å². The van der Waals surface area contributed by atoms with E-state index in [0.717, 1.165) is 5.56 Å². The Hall–Kier alpha value is -2.22. The third-order valence-electron chi connectivity index (χ3n) is 3.88. The van der Waals surface area contributed by atoms with Gasteiger partial charge in [-0.15, -0.1) is 0 Å². The second-order valence-electron chi connectivity index (χ2n) is 5.79. The highest BCUT2D eigenvalue weighted by atomic mass is 79.9. The Morgan fingerprint density at radius 3 is 2.59 bits per heavy atom. The van der Waals surface area contributed by atoms with Crippen molar-refractivity contribution in [1.29, 1.82) is 0 Å². The molecule has 5 nitrogen and oxygen atoms in total. The molecule has 0 saturated carbocycles. The first-order valence-electron chi connectivity index (χ1n) is 7.87. The molecule has 1 aliphatic heterocycles. The number of rotatable bonds is 4. The molecular formula is C19H14BrClN2O3S. The van der Waals surface area contributed by atoms with Gasteiger partial charge in [0.05, 0.1) is 4.47 Å². The predicted molar refractivity (Wildman–Crippen MR) is 111 cm³/mol. The standard InChI is InChI=1S/C19H14BrClN2O3S/c1-23-18(25)14(17(24)22-19(23)27)8-12-4-7-16(15(20)9-12)26-10-11-2-5-13(21)6-3-11/h2-9H,10H2,1H3,(H,22,24,27)/b14-8+. The number of likely N-dealkylation sites (N-methyl/N-ethyl adjacent to an activating group) is 1. The Morgan fingerprint density at radius 1 is 1.22 bits per heavy atom. The summed E-state index contributed by atoms with van der Waals surface area (Å²) in [5.74, 6) is -0.310. The van der Waals surface area contributed by atoms with Crippen LogP contribution in [0.1, 0.15) is 11.1 Å². The highest BCUT2D eigenvalue weighted by Crippen LogP contribution is 2.28. The topological polar surface area (TPSA) is 58.6 Å². The first kappa shape index (κ1) is 19.5. The largest absolute Gasteiger partial charge is 0.488 e. The minimum atomic E-state index is -0.512. The first-order valence-corrected chi connectivity index (χ1v) is 9.45. The second kappa shape index (κ2) is 8.21. The number of hydrogen-bond acceptors (Lipinski definition) is 4. The maximum atomic E-state index is 12.2. The molecule has 138 valence electrons. The molecule has 0 aromatic heterocycles. The summed E-state index contributed by atoms with van der Waals surface area (Å²) in [6.07, 6.45) is 1.52. The molecule has 1 fully saturated rings. The molecule has 1 aliphatic rings. The molecule has 0 radical (unpaired) electrons. The molecule has 0 bridgehead atoms. The van der Waals surface area contributed by atoms with Gasteiger partial charge in [0.2, 0.25) is 0 Å². The molecular weight excluding hydrogens is 452 g/mol. The Morgan fingerprint density at radius 2 is 1.93 bits per heavy atom. The third kappa shape index (κ3) is 4.55. The quantitative estimate of drug-likeness (QED) is 0.422. The van der Waals surface area contributed by atoms with Crippen molar-refractivity contribution in [1.82, 2.24) is 10.2 Å². The lowest BCUT2D eigenvalue weighted by molar-refractivity contribution is -0.128. The van der Waals surface area contributed by atoms with Crippen molar-refractivity contribution in [3.8, 4) is 5.75 Å². The molecule has 3 rings (SSSR count). The predicted octanol–water partition coefficient (Wildman–Crippen LogP) is 3.94. The molecule has 0 unspecified atom stereocenters. The van der Waals surface area contributed by atoms with Gasteiger partial charge in [0.1, 0.15) is 17.9 Å². The van der Waals surface area contributed by atoms with Crippen LogP contribution in [0.15, 0.2) is 52.5 Å². The number of amides is 2. The minimum absolute atomic E-state index is 0.0211. The van der Waals surface area contributed by atoms with E-state index in [4.69, 9.17) is 28.6 Å². The van der Waals surface area contributed by atoms with Gasteiger partial charge in [-0.3, -0.25) is 19.8 Å². The van der Waals surface area contributed by atoms with Gasteiger partial charge in [-0.05, 0) is 69.6 Å². The maximum Gasteiger partial charge on any atom is 0.265 e. The Balaban J connectivity index is 1.76. The summed E-state index contributed by atoms with van der Waals surface area (Å²) < 4.78 is 6.51. The van der Waals surface area contributed by atoms with Gasteiger partial charge in [0.15, 0.2) is 5.11 Å². The van der Waals surface area contributed by atoms with Crippen LogP contribution >= 0.6 is 39.7 Å². The van der Waals surface area contributed by atoms with E-state index >= 15 is 0 Å². The number of carbonyl (C=O) groups excluding carboxylic acids is 2. The van der Waals surface area contributed by atoms with Gasteiger partial charge in [0, 0.05) is 12.1 Å². The average Bonchev–Trinajstić information content (AvgIpc) is 2.64. The Kier molecular flexibility index (Phi) is 5.94. The summed E-state index contributed by atoms with van der Waals surface area (Å²) >= 11 is 14.3. The normalized spacial score (nSPS) is 15.9. The van der Waals surface area contributed by atoms with Crippen LogP contribution in [0.5, 0.6) is 5.75 Å². The van der Waals surface area contributed by atoms with Gasteiger partial charge in [-0.25, -0.2) is 0 Å². The Bertz CT molecular complexity index is 960. The number of nitrogens with zero attached hydrogens (tertiary/aromatic N) is 1. The smallest absolute Gasteiger partial charge is 0.265 e. The summed E-state index contributed by atoms with van der Waals surface area (Å²) in [6, 6.07) is 12.7. The number of nitrogens with one attached hydrogen (secondary N) is 1. The van der Waals surface area contributed by atoms with Gasteiger partial charge < -0.3 is 4.74 Å². The van der Waals surface area contributed by atoms with E-state index in [1.54, 1.807) is 30.3 Å². The fraction of sp³-hybridized carbons (Fsp3) is 0.105. The van der Waals surface area contributed by atoms with E-state index in [1.807, 2.05) is 12.1 Å². The molecule has 1 saturated heterocycles. The van der Waals surface area contributed by atoms with Gasteiger partial charge in [-0.1, -0.05) is 29.8 Å². The van der Waals surface area contributed by atoms with Gasteiger partial charge >= 0.3 is 0 Å². The lowest BCUT2D eigenvalue weighted by Gasteiger charge is -2.25. The zero-order valence-electron chi connectivity index (χ0n) is 14.2. The van der Waals surface area contributed by atoms with E-state index < -0.39 is 11.8 Å². The monoisotopic (exact) mass is 464 g/mol. The van der Waals surface area contributed by atoms with Crippen molar-refractivity contribution in [2.45, 2.75) is 6.61 Å². The molecule has 2 amide bonds. The lowest BCUT2D eigenvalue weighted by Crippen LogP contribution is -2.52. The fourth-order valence-electron chi connectivity index (χ4n) is 2.38. The van der Waals surface area contributed by atoms with Crippen molar-refractivity contribution < 1.29 is 14.3 Å². The van der Waals surface area contributed by atoms with Gasteiger partial charge in [0.25, 0.3) is 11.8 Å². The van der Waals surface area contributed by atoms with Crippen LogP contribution in [-0.2, 0) is 16.2 Å². The number of halogens is 2. The van der Waals surface area contributed by atoms with Crippen LogP contribution in [0.4, 0.5) is 0 Å². The summed E-state index contributed by atoms with van der Waals surface area (Å²) in [5.41, 5.74) is 1.69. The van der Waals surface area contributed by atoms with Crippen molar-refractivity contribution in [3.63, 3.8) is 0 Å². The summed E-state index contributed by atoms with van der Waals surface area (Å²) in [5, 5.41) is 3.24. The van der Waals surface area contributed by atoms with E-state index in [2.05, 4.69) is 21.2 Å². The first-order chi connectivity index (χ1) is 12.8. The lowest BCUT2D eigenvalue weighted by atomic mass is 10.1. The van der Waals surface area contributed by atoms with Crippen LogP contribution in [0.3, 0.4) is 0 Å². The van der Waals surface area contributed by atoms with Crippen molar-refractivity contribution in [2.24, 2.45) is 0 Å². The maximum absolute atomic E-state index is 12.2. The van der Waals surface area contributed by atoms with E-state index in [-0.39, 0.29) is 10.7 Å². The molecule has 27 heavy (non-hydrogen) atoms. The van der Waals surface area contributed by atoms with Gasteiger partial charge in [-0.2, -0.15) is 0 Å². The molecule has 1 N–H and O–H groups in total. The summed E-state index contributed by atoms with van der Waals surface area (Å²) in [7, 11) is 1.52. The highest BCUT2D eigenvalue weighted by molar-refractivity contribution is 9.10. The van der Waals surface area contributed by atoms with Crippen LogP contribution < -0.4 is 10.1 Å². The van der Waals surface area contributed by atoms with Crippen molar-refractivity contribution in [3.05, 3.63) is 68.7 Å². The summed E-state index contributed by atoms with van der Waals surface area (Å²) in [4.78, 5) is 25.5. The summed E-state index contributed by atoms with van der Waals surface area (Å²) in [6.45, 7) is 0.388. The van der Waals surface area contributed by atoms with Crippen LogP contribution in [0.25, 0.3) is 6.08 Å². The minimum Gasteiger partial charge on any atom is -0.488 e. The average molecular weight is 466 g/mol. The molecule has 1 heterocycles. The number of carbonyl (C=O) groups is 2. The van der Waals surface area contributed by atoms with E-state index in [0.29, 0.717) is 27.4 Å². The molecule has 2 aromatic rings. The number of thiocarbonyl (C=S) groups is 1. The van der Waals surface area contributed by atoms with E-state index in [1.165, 1.54) is 18.0 Å². The number of ether oxygens (including phenoxy) is 1. The molecule has 0 atom stereocenters. The van der Waals surface area contributed by atoms with Crippen molar-refractivity contribution >= 4 is 62.8 Å². The Labute approximate surface area is 175 Å². The molecule has 2 aromatic carbocycles. The zero-order valence-corrected chi connectivity index (χ0v) is 17.3. The fourth-order valence-corrected chi connectivity index (χ4v) is 3.19. The zero-order chi connectivity index (χ0) is 19.6. The molecule has 0 spiro atoms. The molecule has 8 heteroatoms. The second-order valence-corrected chi connectivity index (χ2v) is 7.46. The number of hydrogen-bond donors (Lipinski definition) is 1. The van der Waals surface area contributed by atoms with Crippen molar-refractivity contribution in [2.75, 3.05) is 7.05 Å². The van der Waals surface area contributed by atoms with E-state index in [9.17, 15) is 9.59 Å². The van der Waals surface area contributed by atoms with Crippen LogP contribution in [-0.4, -0.2) is 28.9 Å². The number of benzene rings is 2. The highest BCUT2D eigenvalue weighted by Gasteiger charge is 2.30. The molecule has 0 aliphatic carbocycles. The third-order valence-corrected chi connectivity index (χ3v) is 5.13.